The summed E-state index contributed by atoms with van der Waals surface area (Å²) in [6.07, 6.45) is 1.14. The Morgan fingerprint density at radius 2 is 1.81 bits per heavy atom. The number of rotatable bonds is 7. The summed E-state index contributed by atoms with van der Waals surface area (Å²) in [5, 5.41) is 6.19. The van der Waals surface area contributed by atoms with E-state index >= 15 is 0 Å². The monoisotopic (exact) mass is 426 g/mol. The van der Waals surface area contributed by atoms with Gasteiger partial charge in [0.25, 0.3) is 0 Å². The molecule has 0 aromatic heterocycles. The maximum atomic E-state index is 10.9. The van der Waals surface area contributed by atoms with E-state index in [0.29, 0.717) is 25.6 Å². The van der Waals surface area contributed by atoms with E-state index in [0.717, 1.165) is 18.4 Å². The lowest BCUT2D eigenvalue weighted by atomic mass is 10.2. The van der Waals surface area contributed by atoms with Gasteiger partial charge < -0.3 is 10.6 Å². The molecule has 0 spiro atoms. The van der Waals surface area contributed by atoms with Crippen molar-refractivity contribution in [1.82, 2.24) is 15.4 Å². The number of guanidine groups is 1. The fourth-order valence-corrected chi connectivity index (χ4v) is 1.99. The highest BCUT2D eigenvalue weighted by Crippen LogP contribution is 1.99. The van der Waals surface area contributed by atoms with Crippen molar-refractivity contribution in [3.63, 3.8) is 0 Å². The Labute approximate surface area is 143 Å². The summed E-state index contributed by atoms with van der Waals surface area (Å²) in [6, 6.07) is 9.94. The molecule has 0 aliphatic carbocycles. The van der Waals surface area contributed by atoms with E-state index in [1.165, 1.54) is 0 Å². The van der Waals surface area contributed by atoms with E-state index in [4.69, 9.17) is 0 Å². The summed E-state index contributed by atoms with van der Waals surface area (Å²) in [6.45, 7) is 4.12. The van der Waals surface area contributed by atoms with Crippen LogP contribution >= 0.6 is 24.0 Å². The molecule has 0 saturated carbocycles. The molecule has 0 unspecified atom stereocenters. The van der Waals surface area contributed by atoms with E-state index in [2.05, 4.69) is 20.3 Å². The Balaban J connectivity index is 0.00000400. The van der Waals surface area contributed by atoms with Crippen molar-refractivity contribution in [3.05, 3.63) is 35.9 Å². The average Bonchev–Trinajstić information content (AvgIpc) is 2.41. The van der Waals surface area contributed by atoms with Crippen molar-refractivity contribution in [2.24, 2.45) is 4.99 Å². The number of aliphatic imine (C=N–C) groups is 1. The third kappa shape index (κ3) is 10.5. The van der Waals surface area contributed by atoms with Crippen LogP contribution in [0.1, 0.15) is 12.5 Å². The van der Waals surface area contributed by atoms with Crippen LogP contribution in [-0.4, -0.2) is 40.3 Å². The molecule has 120 valence electrons. The minimum Gasteiger partial charge on any atom is -0.357 e. The van der Waals surface area contributed by atoms with Crippen molar-refractivity contribution in [3.8, 4) is 0 Å². The fraction of sp³-hybridized carbons (Fsp3) is 0.462. The minimum atomic E-state index is -3.14. The van der Waals surface area contributed by atoms with E-state index in [1.54, 1.807) is 0 Å². The minimum absolute atomic E-state index is 0. The number of nitrogens with zero attached hydrogens (tertiary/aromatic N) is 1. The van der Waals surface area contributed by atoms with Gasteiger partial charge in [0.1, 0.15) is 0 Å². The van der Waals surface area contributed by atoms with Gasteiger partial charge in [0.2, 0.25) is 10.0 Å². The molecule has 0 radical (unpaired) electrons. The summed E-state index contributed by atoms with van der Waals surface area (Å²) < 4.78 is 24.3. The lowest BCUT2D eigenvalue weighted by Gasteiger charge is -2.11. The van der Waals surface area contributed by atoms with E-state index in [-0.39, 0.29) is 24.0 Å². The fourth-order valence-electron chi connectivity index (χ4n) is 1.51. The summed E-state index contributed by atoms with van der Waals surface area (Å²) >= 11 is 0. The standard InChI is InChI=1S/C13H22N4O2S.HI/c1-3-14-13(15-9-10-17-20(2,18)19)16-11-12-7-5-4-6-8-12;/h4-8,17H,3,9-11H2,1-2H3,(H2,14,15,16);1H. The summed E-state index contributed by atoms with van der Waals surface area (Å²) in [5.41, 5.74) is 1.12. The second kappa shape index (κ2) is 10.8. The quantitative estimate of drug-likeness (QED) is 0.262. The number of sulfonamides is 1. The highest BCUT2D eigenvalue weighted by atomic mass is 127. The molecule has 0 fully saturated rings. The van der Waals surface area contributed by atoms with Crippen LogP contribution in [-0.2, 0) is 16.6 Å². The molecule has 0 amide bonds. The summed E-state index contributed by atoms with van der Waals surface area (Å²) in [4.78, 5) is 4.43. The van der Waals surface area contributed by atoms with Crippen molar-refractivity contribution in [2.45, 2.75) is 13.5 Å². The summed E-state index contributed by atoms with van der Waals surface area (Å²) in [7, 11) is -3.14. The van der Waals surface area contributed by atoms with E-state index in [9.17, 15) is 8.42 Å². The molecule has 1 rings (SSSR count). The molecule has 0 atom stereocenters. The Morgan fingerprint density at radius 1 is 1.14 bits per heavy atom. The maximum absolute atomic E-state index is 10.9. The van der Waals surface area contributed by atoms with Crippen LogP contribution in [0, 0.1) is 0 Å². The van der Waals surface area contributed by atoms with Crippen molar-refractivity contribution < 1.29 is 8.42 Å². The van der Waals surface area contributed by atoms with Gasteiger partial charge in [-0.25, -0.2) is 18.1 Å². The first-order valence-electron chi connectivity index (χ1n) is 6.52. The number of halogens is 1. The molecular weight excluding hydrogens is 403 g/mol. The highest BCUT2D eigenvalue weighted by molar-refractivity contribution is 14.0. The SMILES string of the molecule is CCNC(=NCc1ccccc1)NCCNS(C)(=O)=O.I. The van der Waals surface area contributed by atoms with Crippen molar-refractivity contribution in [1.29, 1.82) is 0 Å². The summed E-state index contributed by atoms with van der Waals surface area (Å²) in [5.74, 6) is 0.673. The topological polar surface area (TPSA) is 82.6 Å². The molecule has 0 aliphatic rings. The Bertz CT molecular complexity index is 520. The Hall–Kier alpha value is -0.870. The van der Waals surface area contributed by atoms with E-state index < -0.39 is 10.0 Å². The van der Waals surface area contributed by atoms with Crippen LogP contribution in [0.2, 0.25) is 0 Å². The smallest absolute Gasteiger partial charge is 0.208 e. The molecule has 1 aromatic carbocycles. The van der Waals surface area contributed by atoms with Gasteiger partial charge in [0, 0.05) is 19.6 Å². The van der Waals surface area contributed by atoms with Crippen LogP contribution in [0.15, 0.2) is 35.3 Å². The highest BCUT2D eigenvalue weighted by Gasteiger charge is 2.00. The van der Waals surface area contributed by atoms with Crippen LogP contribution in [0.5, 0.6) is 0 Å². The first-order chi connectivity index (χ1) is 9.51. The molecular formula is C13H23IN4O2S. The zero-order chi connectivity index (χ0) is 14.8. The van der Waals surface area contributed by atoms with Gasteiger partial charge in [-0.2, -0.15) is 0 Å². The van der Waals surface area contributed by atoms with Gasteiger partial charge in [0.15, 0.2) is 5.96 Å². The van der Waals surface area contributed by atoms with Crippen LogP contribution in [0.25, 0.3) is 0 Å². The first kappa shape index (κ1) is 20.1. The third-order valence-electron chi connectivity index (χ3n) is 2.39. The van der Waals surface area contributed by atoms with E-state index in [1.807, 2.05) is 37.3 Å². The normalized spacial score (nSPS) is 11.6. The molecule has 0 heterocycles. The number of nitrogens with one attached hydrogen (secondary N) is 3. The molecule has 21 heavy (non-hydrogen) atoms. The van der Waals surface area contributed by atoms with Crippen LogP contribution in [0.3, 0.4) is 0 Å². The predicted octanol–water partition coefficient (Wildman–Crippen LogP) is 0.909. The molecule has 6 nitrogen and oxygen atoms in total. The van der Waals surface area contributed by atoms with Crippen LogP contribution in [0.4, 0.5) is 0 Å². The zero-order valence-electron chi connectivity index (χ0n) is 12.3. The lowest BCUT2D eigenvalue weighted by molar-refractivity contribution is 0.586. The second-order valence-electron chi connectivity index (χ2n) is 4.27. The third-order valence-corrected chi connectivity index (χ3v) is 3.12. The molecule has 1 aromatic rings. The van der Waals surface area contributed by atoms with Crippen molar-refractivity contribution >= 4 is 40.0 Å². The first-order valence-corrected chi connectivity index (χ1v) is 8.41. The second-order valence-corrected chi connectivity index (χ2v) is 6.11. The number of benzene rings is 1. The Kier molecular flexibility index (Phi) is 10.4. The zero-order valence-corrected chi connectivity index (χ0v) is 15.4. The largest absolute Gasteiger partial charge is 0.357 e. The average molecular weight is 426 g/mol. The van der Waals surface area contributed by atoms with Gasteiger partial charge in [-0.15, -0.1) is 24.0 Å². The molecule has 0 saturated heterocycles. The van der Waals surface area contributed by atoms with Gasteiger partial charge in [-0.3, -0.25) is 0 Å². The Morgan fingerprint density at radius 3 is 2.38 bits per heavy atom. The molecule has 8 heteroatoms. The van der Waals surface area contributed by atoms with Crippen LogP contribution < -0.4 is 15.4 Å². The van der Waals surface area contributed by atoms with Gasteiger partial charge >= 0.3 is 0 Å². The molecule has 0 bridgehead atoms. The molecule has 0 aliphatic heterocycles. The van der Waals surface area contributed by atoms with Gasteiger partial charge in [-0.05, 0) is 12.5 Å². The van der Waals surface area contributed by atoms with Gasteiger partial charge in [0.05, 0.1) is 12.8 Å². The van der Waals surface area contributed by atoms with Crippen molar-refractivity contribution in [2.75, 3.05) is 25.9 Å². The number of hydrogen-bond acceptors (Lipinski definition) is 3. The predicted molar refractivity (Wildman–Crippen MR) is 97.5 cm³/mol. The molecule has 3 N–H and O–H groups in total. The number of hydrogen-bond donors (Lipinski definition) is 3. The lowest BCUT2D eigenvalue weighted by Crippen LogP contribution is -2.41. The maximum Gasteiger partial charge on any atom is 0.208 e. The van der Waals surface area contributed by atoms with Gasteiger partial charge in [-0.1, -0.05) is 30.3 Å².